The molecule has 0 aliphatic carbocycles. The largest absolute Gasteiger partial charge is 0.395 e. The predicted octanol–water partition coefficient (Wildman–Crippen LogP) is 2.38. The number of aliphatic hydroxyl groups excluding tert-OH is 1. The van der Waals surface area contributed by atoms with E-state index in [0.717, 1.165) is 40.6 Å². The molecule has 146 valence electrons. The maximum absolute atomic E-state index is 13.1. The third kappa shape index (κ3) is 4.22. The third-order valence-corrected chi connectivity index (χ3v) is 6.09. The SMILES string of the molecule is O=C(c1ccccc1SCc1cn2ccccc2n1)N1CCN(CCO)CC1. The zero-order chi connectivity index (χ0) is 19.3. The zero-order valence-electron chi connectivity index (χ0n) is 15.7. The van der Waals surface area contributed by atoms with Crippen LogP contribution in [0.3, 0.4) is 0 Å². The maximum atomic E-state index is 13.1. The smallest absolute Gasteiger partial charge is 0.255 e. The van der Waals surface area contributed by atoms with Crippen molar-refractivity contribution in [2.75, 3.05) is 39.3 Å². The van der Waals surface area contributed by atoms with Gasteiger partial charge in [0.1, 0.15) is 5.65 Å². The van der Waals surface area contributed by atoms with Gasteiger partial charge in [0.15, 0.2) is 0 Å². The molecule has 3 aromatic rings. The Balaban J connectivity index is 1.44. The van der Waals surface area contributed by atoms with E-state index in [-0.39, 0.29) is 12.5 Å². The summed E-state index contributed by atoms with van der Waals surface area (Å²) >= 11 is 1.65. The first-order chi connectivity index (χ1) is 13.7. The van der Waals surface area contributed by atoms with Gasteiger partial charge >= 0.3 is 0 Å². The lowest BCUT2D eigenvalue weighted by atomic mass is 10.2. The molecule has 0 saturated carbocycles. The molecule has 4 rings (SSSR count). The van der Waals surface area contributed by atoms with Crippen molar-refractivity contribution >= 4 is 23.3 Å². The summed E-state index contributed by atoms with van der Waals surface area (Å²) in [5.41, 5.74) is 2.69. The standard InChI is InChI=1S/C21H24N4O2S/c26-14-13-23-9-11-24(12-10-23)21(27)18-5-1-2-6-19(18)28-16-17-15-25-8-4-3-7-20(25)22-17/h1-8,15,26H,9-14,16H2. The van der Waals surface area contributed by atoms with Gasteiger partial charge in [0.25, 0.3) is 5.91 Å². The molecule has 1 saturated heterocycles. The van der Waals surface area contributed by atoms with E-state index in [1.807, 2.05) is 64.2 Å². The number of carbonyl (C=O) groups is 1. The molecule has 6 nitrogen and oxygen atoms in total. The summed E-state index contributed by atoms with van der Waals surface area (Å²) in [5, 5.41) is 9.08. The van der Waals surface area contributed by atoms with Crippen molar-refractivity contribution in [1.29, 1.82) is 0 Å². The number of hydrogen-bond acceptors (Lipinski definition) is 5. The van der Waals surface area contributed by atoms with Crippen LogP contribution in [0.15, 0.2) is 59.8 Å². The number of amides is 1. The maximum Gasteiger partial charge on any atom is 0.255 e. The first-order valence-electron chi connectivity index (χ1n) is 9.51. The first-order valence-corrected chi connectivity index (χ1v) is 10.5. The van der Waals surface area contributed by atoms with Gasteiger partial charge in [0, 0.05) is 55.8 Å². The molecular formula is C21H24N4O2S. The van der Waals surface area contributed by atoms with Gasteiger partial charge in [-0.3, -0.25) is 9.69 Å². The minimum Gasteiger partial charge on any atom is -0.395 e. The average Bonchev–Trinajstić information content (AvgIpc) is 3.16. The summed E-state index contributed by atoms with van der Waals surface area (Å²) in [5.74, 6) is 0.803. The van der Waals surface area contributed by atoms with E-state index >= 15 is 0 Å². The lowest BCUT2D eigenvalue weighted by Crippen LogP contribution is -2.49. The molecule has 1 aliphatic heterocycles. The summed E-state index contributed by atoms with van der Waals surface area (Å²) in [6, 6.07) is 13.8. The van der Waals surface area contributed by atoms with E-state index in [1.165, 1.54) is 0 Å². The van der Waals surface area contributed by atoms with Gasteiger partial charge in [-0.15, -0.1) is 11.8 Å². The number of pyridine rings is 1. The molecule has 1 N–H and O–H groups in total. The number of thioether (sulfide) groups is 1. The van der Waals surface area contributed by atoms with Crippen LogP contribution in [0.2, 0.25) is 0 Å². The molecule has 3 heterocycles. The number of nitrogens with zero attached hydrogens (tertiary/aromatic N) is 4. The summed E-state index contributed by atoms with van der Waals surface area (Å²) in [4.78, 5) is 22.8. The Labute approximate surface area is 168 Å². The number of imidazole rings is 1. The highest BCUT2D eigenvalue weighted by Crippen LogP contribution is 2.27. The van der Waals surface area contributed by atoms with Crippen LogP contribution in [0.25, 0.3) is 5.65 Å². The van der Waals surface area contributed by atoms with Crippen molar-refractivity contribution in [3.8, 4) is 0 Å². The highest BCUT2D eigenvalue weighted by Gasteiger charge is 2.23. The van der Waals surface area contributed by atoms with E-state index in [2.05, 4.69) is 9.88 Å². The Bertz CT molecular complexity index is 917. The molecule has 1 aliphatic rings. The number of hydrogen-bond donors (Lipinski definition) is 1. The summed E-state index contributed by atoms with van der Waals surface area (Å²) in [6.45, 7) is 3.85. The predicted molar refractivity (Wildman–Crippen MR) is 111 cm³/mol. The number of fused-ring (bicyclic) bond motifs is 1. The molecule has 28 heavy (non-hydrogen) atoms. The highest BCUT2D eigenvalue weighted by molar-refractivity contribution is 7.98. The third-order valence-electron chi connectivity index (χ3n) is 4.98. The van der Waals surface area contributed by atoms with Gasteiger partial charge in [-0.2, -0.15) is 0 Å². The van der Waals surface area contributed by atoms with Gasteiger partial charge in [-0.1, -0.05) is 18.2 Å². The Morgan fingerprint density at radius 1 is 1.07 bits per heavy atom. The van der Waals surface area contributed by atoms with Crippen LogP contribution in [0, 0.1) is 0 Å². The van der Waals surface area contributed by atoms with Gasteiger partial charge in [0.2, 0.25) is 0 Å². The Morgan fingerprint density at radius 2 is 1.86 bits per heavy atom. The zero-order valence-corrected chi connectivity index (χ0v) is 16.5. The molecule has 0 atom stereocenters. The van der Waals surface area contributed by atoms with E-state index in [9.17, 15) is 4.79 Å². The van der Waals surface area contributed by atoms with Crippen molar-refractivity contribution in [2.24, 2.45) is 0 Å². The van der Waals surface area contributed by atoms with Crippen LogP contribution in [0.4, 0.5) is 0 Å². The van der Waals surface area contributed by atoms with Crippen LogP contribution in [-0.2, 0) is 5.75 Å². The van der Waals surface area contributed by atoms with Gasteiger partial charge in [-0.25, -0.2) is 4.98 Å². The van der Waals surface area contributed by atoms with Crippen LogP contribution in [0.5, 0.6) is 0 Å². The molecule has 1 amide bonds. The summed E-state index contributed by atoms with van der Waals surface area (Å²) in [6.07, 6.45) is 4.03. The number of aromatic nitrogens is 2. The topological polar surface area (TPSA) is 61.1 Å². The number of β-amino-alcohol motifs (C(OH)–C–C–N with tert-alkyl or cyclic N) is 1. The van der Waals surface area contributed by atoms with Gasteiger partial charge in [-0.05, 0) is 24.3 Å². The second kappa shape index (κ2) is 8.77. The van der Waals surface area contributed by atoms with Gasteiger partial charge in [0.05, 0.1) is 17.9 Å². The fraction of sp³-hybridized carbons (Fsp3) is 0.333. The normalized spacial score (nSPS) is 15.2. The Kier molecular flexibility index (Phi) is 5.95. The fourth-order valence-corrected chi connectivity index (χ4v) is 4.39. The van der Waals surface area contributed by atoms with Gasteiger partial charge < -0.3 is 14.4 Å². The Morgan fingerprint density at radius 3 is 2.64 bits per heavy atom. The van der Waals surface area contributed by atoms with Crippen LogP contribution in [0.1, 0.15) is 16.1 Å². The van der Waals surface area contributed by atoms with Crippen LogP contribution in [-0.4, -0.2) is 69.5 Å². The van der Waals surface area contributed by atoms with Crippen LogP contribution >= 0.6 is 11.8 Å². The monoisotopic (exact) mass is 396 g/mol. The fourth-order valence-electron chi connectivity index (χ4n) is 3.46. The molecule has 1 fully saturated rings. The number of aliphatic hydroxyl groups is 1. The lowest BCUT2D eigenvalue weighted by Gasteiger charge is -2.34. The molecule has 2 aromatic heterocycles. The van der Waals surface area contributed by atoms with E-state index in [1.54, 1.807) is 11.8 Å². The lowest BCUT2D eigenvalue weighted by molar-refractivity contribution is 0.0611. The second-order valence-corrected chi connectivity index (χ2v) is 7.86. The number of rotatable bonds is 6. The van der Waals surface area contributed by atoms with Crippen molar-refractivity contribution in [3.63, 3.8) is 0 Å². The van der Waals surface area contributed by atoms with Crippen molar-refractivity contribution in [3.05, 3.63) is 66.1 Å². The minimum atomic E-state index is 0.0850. The minimum absolute atomic E-state index is 0.0850. The average molecular weight is 397 g/mol. The molecule has 0 spiro atoms. The van der Waals surface area contributed by atoms with E-state index in [4.69, 9.17) is 5.11 Å². The summed E-state index contributed by atoms with van der Waals surface area (Å²) < 4.78 is 2.01. The van der Waals surface area contributed by atoms with E-state index in [0.29, 0.717) is 19.6 Å². The summed E-state index contributed by atoms with van der Waals surface area (Å²) in [7, 11) is 0. The molecule has 0 radical (unpaired) electrons. The molecule has 7 heteroatoms. The molecule has 0 unspecified atom stereocenters. The second-order valence-electron chi connectivity index (χ2n) is 6.84. The highest BCUT2D eigenvalue weighted by atomic mass is 32.2. The van der Waals surface area contributed by atoms with Crippen molar-refractivity contribution in [2.45, 2.75) is 10.6 Å². The molecular weight excluding hydrogens is 372 g/mol. The van der Waals surface area contributed by atoms with Crippen molar-refractivity contribution < 1.29 is 9.90 Å². The number of benzene rings is 1. The van der Waals surface area contributed by atoms with E-state index < -0.39 is 0 Å². The number of carbonyl (C=O) groups excluding carboxylic acids is 1. The quantitative estimate of drug-likeness (QED) is 0.648. The van der Waals surface area contributed by atoms with Crippen LogP contribution < -0.4 is 0 Å². The molecule has 0 bridgehead atoms. The molecule has 1 aromatic carbocycles. The Hall–Kier alpha value is -2.35. The first kappa shape index (κ1) is 19.0. The number of piperazine rings is 1. The van der Waals surface area contributed by atoms with Crippen molar-refractivity contribution in [1.82, 2.24) is 19.2 Å².